The van der Waals surface area contributed by atoms with Crippen molar-refractivity contribution in [3.05, 3.63) is 46.2 Å². The highest BCUT2D eigenvalue weighted by Gasteiger charge is 2.07. The van der Waals surface area contributed by atoms with E-state index in [-0.39, 0.29) is 16.9 Å². The molecule has 0 saturated heterocycles. The summed E-state index contributed by atoms with van der Waals surface area (Å²) in [6, 6.07) is 7.99. The summed E-state index contributed by atoms with van der Waals surface area (Å²) in [5.41, 5.74) is 0.675. The number of hydrogen-bond acceptors (Lipinski definition) is 5. The van der Waals surface area contributed by atoms with Gasteiger partial charge in [0.2, 0.25) is 5.16 Å². The third-order valence-electron chi connectivity index (χ3n) is 2.62. The maximum absolute atomic E-state index is 11.6. The monoisotopic (exact) mass is 306 g/mol. The smallest absolute Gasteiger partial charge is 0.253 e. The maximum Gasteiger partial charge on any atom is 0.253 e. The van der Waals surface area contributed by atoms with E-state index in [9.17, 15) is 13.8 Å². The van der Waals surface area contributed by atoms with E-state index in [0.29, 0.717) is 11.3 Å². The molecule has 0 saturated carbocycles. The molecule has 21 heavy (non-hydrogen) atoms. The summed E-state index contributed by atoms with van der Waals surface area (Å²) in [4.78, 5) is 29.5. The SMILES string of the molecule is CNC(=O)c1cccc(Nc2cc(=O)[nH]c(S(C)=O)n2)c1. The molecule has 8 heteroatoms. The summed E-state index contributed by atoms with van der Waals surface area (Å²) >= 11 is 0. The number of rotatable bonds is 4. The number of aromatic amines is 1. The molecule has 1 atom stereocenters. The Morgan fingerprint density at radius 2 is 2.10 bits per heavy atom. The fraction of sp³-hybridized carbons (Fsp3) is 0.154. The van der Waals surface area contributed by atoms with Crippen molar-refractivity contribution in [3.8, 4) is 0 Å². The molecule has 110 valence electrons. The standard InChI is InChI=1S/C13H14N4O3S/c1-14-12(19)8-4-3-5-9(6-8)15-10-7-11(18)17-13(16-10)21(2)20/h3-7H,1-2H3,(H,14,19)(H2,15,16,17,18). The minimum Gasteiger partial charge on any atom is -0.355 e. The number of nitrogens with zero attached hydrogens (tertiary/aromatic N) is 1. The Morgan fingerprint density at radius 3 is 2.76 bits per heavy atom. The van der Waals surface area contributed by atoms with Gasteiger partial charge in [0.25, 0.3) is 11.5 Å². The first-order chi connectivity index (χ1) is 9.99. The van der Waals surface area contributed by atoms with E-state index in [2.05, 4.69) is 20.6 Å². The molecular weight excluding hydrogens is 292 g/mol. The average molecular weight is 306 g/mol. The quantitative estimate of drug-likeness (QED) is 0.718. The van der Waals surface area contributed by atoms with E-state index >= 15 is 0 Å². The molecule has 3 N–H and O–H groups in total. The molecule has 0 aliphatic heterocycles. The third kappa shape index (κ3) is 3.76. The zero-order valence-corrected chi connectivity index (χ0v) is 12.3. The van der Waals surface area contributed by atoms with Crippen molar-refractivity contribution < 1.29 is 9.00 Å². The van der Waals surface area contributed by atoms with Crippen molar-refractivity contribution in [2.75, 3.05) is 18.6 Å². The van der Waals surface area contributed by atoms with Crippen LogP contribution in [0.3, 0.4) is 0 Å². The molecule has 7 nitrogen and oxygen atoms in total. The average Bonchev–Trinajstić information content (AvgIpc) is 2.46. The molecule has 1 aromatic heterocycles. The van der Waals surface area contributed by atoms with E-state index in [1.807, 2.05) is 0 Å². The van der Waals surface area contributed by atoms with Crippen LogP contribution in [0.15, 0.2) is 40.3 Å². The molecule has 0 radical (unpaired) electrons. The second-order valence-electron chi connectivity index (χ2n) is 4.17. The van der Waals surface area contributed by atoms with Gasteiger partial charge < -0.3 is 10.6 Å². The molecule has 0 bridgehead atoms. The summed E-state index contributed by atoms with van der Waals surface area (Å²) in [5, 5.41) is 5.53. The van der Waals surface area contributed by atoms with Gasteiger partial charge in [0.05, 0.1) is 10.8 Å². The van der Waals surface area contributed by atoms with Crippen LogP contribution in [-0.2, 0) is 10.8 Å². The van der Waals surface area contributed by atoms with Gasteiger partial charge in [-0.15, -0.1) is 0 Å². The number of carbonyl (C=O) groups is 1. The van der Waals surface area contributed by atoms with Crippen LogP contribution in [0.1, 0.15) is 10.4 Å². The molecule has 0 spiro atoms. The third-order valence-corrected chi connectivity index (χ3v) is 3.35. The lowest BCUT2D eigenvalue weighted by molar-refractivity contribution is 0.0963. The van der Waals surface area contributed by atoms with Gasteiger partial charge in [-0.2, -0.15) is 0 Å². The second kappa shape index (κ2) is 6.31. The lowest BCUT2D eigenvalue weighted by Gasteiger charge is -2.07. The summed E-state index contributed by atoms with van der Waals surface area (Å²) in [6.45, 7) is 0. The lowest BCUT2D eigenvalue weighted by atomic mass is 10.2. The minimum absolute atomic E-state index is 0.0902. The van der Waals surface area contributed by atoms with Crippen molar-refractivity contribution in [1.82, 2.24) is 15.3 Å². The van der Waals surface area contributed by atoms with Gasteiger partial charge in [-0.1, -0.05) is 6.07 Å². The molecule has 1 aromatic carbocycles. The Kier molecular flexibility index (Phi) is 4.49. The number of hydrogen-bond donors (Lipinski definition) is 3. The largest absolute Gasteiger partial charge is 0.355 e. The highest BCUT2D eigenvalue weighted by molar-refractivity contribution is 7.84. The number of amides is 1. The van der Waals surface area contributed by atoms with Gasteiger partial charge >= 0.3 is 0 Å². The van der Waals surface area contributed by atoms with Crippen LogP contribution in [0.2, 0.25) is 0 Å². The van der Waals surface area contributed by atoms with E-state index in [1.165, 1.54) is 12.3 Å². The molecular formula is C13H14N4O3S. The van der Waals surface area contributed by atoms with Crippen LogP contribution in [0.25, 0.3) is 0 Å². The van der Waals surface area contributed by atoms with Crippen molar-refractivity contribution in [1.29, 1.82) is 0 Å². The number of H-pyrrole nitrogens is 1. The Bertz CT molecular complexity index is 757. The molecule has 1 heterocycles. The van der Waals surface area contributed by atoms with Crippen molar-refractivity contribution >= 4 is 28.2 Å². The number of carbonyl (C=O) groups excluding carboxylic acids is 1. The maximum atomic E-state index is 11.6. The zero-order valence-electron chi connectivity index (χ0n) is 11.5. The van der Waals surface area contributed by atoms with Gasteiger partial charge in [0.15, 0.2) is 0 Å². The van der Waals surface area contributed by atoms with Gasteiger partial charge in [0, 0.05) is 30.6 Å². The first kappa shape index (κ1) is 14.9. The predicted octanol–water partition coefficient (Wildman–Crippen LogP) is 0.610. The van der Waals surface area contributed by atoms with E-state index in [1.54, 1.807) is 31.3 Å². The summed E-state index contributed by atoms with van der Waals surface area (Å²) < 4.78 is 11.4. The molecule has 1 amide bonds. The predicted molar refractivity (Wildman–Crippen MR) is 80.3 cm³/mol. The molecule has 1 unspecified atom stereocenters. The van der Waals surface area contributed by atoms with Crippen LogP contribution in [0.5, 0.6) is 0 Å². The highest BCUT2D eigenvalue weighted by Crippen LogP contribution is 2.15. The van der Waals surface area contributed by atoms with Gasteiger partial charge in [0.1, 0.15) is 5.82 Å². The van der Waals surface area contributed by atoms with Crippen LogP contribution in [-0.4, -0.2) is 33.4 Å². The number of anilines is 2. The lowest BCUT2D eigenvalue weighted by Crippen LogP contribution is -2.17. The van der Waals surface area contributed by atoms with Crippen LogP contribution < -0.4 is 16.2 Å². The van der Waals surface area contributed by atoms with Crippen molar-refractivity contribution in [2.24, 2.45) is 0 Å². The van der Waals surface area contributed by atoms with E-state index in [4.69, 9.17) is 0 Å². The van der Waals surface area contributed by atoms with Gasteiger partial charge in [-0.05, 0) is 18.2 Å². The summed E-state index contributed by atoms with van der Waals surface area (Å²) in [6.07, 6.45) is 1.42. The fourth-order valence-electron chi connectivity index (χ4n) is 1.67. The fourth-order valence-corrected chi connectivity index (χ4v) is 2.14. The first-order valence-corrected chi connectivity index (χ1v) is 7.59. The second-order valence-corrected chi connectivity index (χ2v) is 5.47. The minimum atomic E-state index is -1.39. The van der Waals surface area contributed by atoms with E-state index in [0.717, 1.165) is 0 Å². The van der Waals surface area contributed by atoms with Crippen molar-refractivity contribution in [3.63, 3.8) is 0 Å². The van der Waals surface area contributed by atoms with Gasteiger partial charge in [-0.25, -0.2) is 4.98 Å². The zero-order chi connectivity index (χ0) is 15.4. The Labute approximate surface area is 123 Å². The topological polar surface area (TPSA) is 104 Å². The first-order valence-electron chi connectivity index (χ1n) is 6.03. The van der Waals surface area contributed by atoms with Crippen molar-refractivity contribution in [2.45, 2.75) is 5.16 Å². The Balaban J connectivity index is 2.32. The molecule has 2 aromatic rings. The Morgan fingerprint density at radius 1 is 1.33 bits per heavy atom. The summed E-state index contributed by atoms with van der Waals surface area (Å²) in [5.74, 6) is 0.0471. The molecule has 0 fully saturated rings. The number of aromatic nitrogens is 2. The van der Waals surface area contributed by atoms with Gasteiger partial charge in [-0.3, -0.25) is 18.8 Å². The normalized spacial score (nSPS) is 11.7. The summed E-state index contributed by atoms with van der Waals surface area (Å²) in [7, 11) is 0.154. The molecule has 2 rings (SSSR count). The highest BCUT2D eigenvalue weighted by atomic mass is 32.2. The Hall–Kier alpha value is -2.48. The number of benzene rings is 1. The molecule has 0 aliphatic rings. The molecule has 0 aliphatic carbocycles. The van der Waals surface area contributed by atoms with E-state index < -0.39 is 16.4 Å². The van der Waals surface area contributed by atoms with Crippen LogP contribution in [0, 0.1) is 0 Å². The number of nitrogens with one attached hydrogen (secondary N) is 3. The van der Waals surface area contributed by atoms with Crippen LogP contribution >= 0.6 is 0 Å². The van der Waals surface area contributed by atoms with Crippen LogP contribution in [0.4, 0.5) is 11.5 Å².